The first-order chi connectivity index (χ1) is 10.3. The molecule has 0 heterocycles. The lowest BCUT2D eigenvalue weighted by Crippen LogP contribution is -1.97. The number of hydrogen-bond acceptors (Lipinski definition) is 2. The van der Waals surface area contributed by atoms with Gasteiger partial charge in [-0.05, 0) is 35.0 Å². The second kappa shape index (κ2) is 8.57. The second-order valence-electron chi connectivity index (χ2n) is 4.44. The van der Waals surface area contributed by atoms with Gasteiger partial charge in [0.2, 0.25) is 0 Å². The molecule has 1 atom stereocenters. The molecule has 104 valence electrons. The third-order valence-corrected chi connectivity index (χ3v) is 4.43. The van der Waals surface area contributed by atoms with Gasteiger partial charge in [0.05, 0.1) is 12.0 Å². The van der Waals surface area contributed by atoms with E-state index in [1.807, 2.05) is 36.4 Å². The number of halogens is 1. The summed E-state index contributed by atoms with van der Waals surface area (Å²) in [6, 6.07) is 20.8. The molecule has 1 nitrogen and oxygen atoms in total. The van der Waals surface area contributed by atoms with E-state index in [0.29, 0.717) is 6.42 Å². The van der Waals surface area contributed by atoms with E-state index in [1.165, 1.54) is 4.90 Å². The minimum absolute atomic E-state index is 0.120. The maximum absolute atomic E-state index is 9.45. The molecule has 0 aliphatic carbocycles. The minimum Gasteiger partial charge on any atom is -0.198 e. The van der Waals surface area contributed by atoms with E-state index >= 15 is 0 Å². The van der Waals surface area contributed by atoms with Crippen LogP contribution < -0.4 is 0 Å². The zero-order chi connectivity index (χ0) is 14.9. The highest BCUT2D eigenvalue weighted by molar-refractivity contribution is 9.12. The highest BCUT2D eigenvalue weighted by Crippen LogP contribution is 2.35. The highest BCUT2D eigenvalue weighted by atomic mass is 79.9. The van der Waals surface area contributed by atoms with Gasteiger partial charge in [0.15, 0.2) is 0 Å². The molecule has 21 heavy (non-hydrogen) atoms. The van der Waals surface area contributed by atoms with Crippen LogP contribution in [0.1, 0.15) is 24.3 Å². The van der Waals surface area contributed by atoms with Crippen molar-refractivity contribution in [3.63, 3.8) is 0 Å². The first kappa shape index (κ1) is 15.7. The number of rotatable bonds is 5. The summed E-state index contributed by atoms with van der Waals surface area (Å²) in [6.45, 7) is 0. The molecular weight excluding hydrogens is 342 g/mol. The molecule has 2 aromatic carbocycles. The summed E-state index contributed by atoms with van der Waals surface area (Å²) >= 11 is 4.79. The third-order valence-electron chi connectivity index (χ3n) is 3.05. The molecule has 3 heteroatoms. The first-order valence-electron chi connectivity index (χ1n) is 6.65. The largest absolute Gasteiger partial charge is 0.198 e. The maximum atomic E-state index is 9.45. The Bertz CT molecular complexity index is 680. The molecule has 0 saturated heterocycles. The lowest BCUT2D eigenvalue weighted by Gasteiger charge is -2.13. The average molecular weight is 356 g/mol. The van der Waals surface area contributed by atoms with Crippen LogP contribution in [0.3, 0.4) is 0 Å². The Balaban J connectivity index is 2.22. The summed E-state index contributed by atoms with van der Waals surface area (Å²) in [5.41, 5.74) is 1.09. The van der Waals surface area contributed by atoms with Crippen LogP contribution in [0.15, 0.2) is 64.4 Å². The molecule has 2 rings (SSSR count). The van der Waals surface area contributed by atoms with Crippen LogP contribution in [-0.2, 0) is 0 Å². The van der Waals surface area contributed by atoms with Gasteiger partial charge in [-0.3, -0.25) is 0 Å². The fourth-order valence-corrected chi connectivity index (χ4v) is 3.25. The number of benzene rings is 2. The van der Waals surface area contributed by atoms with Crippen LogP contribution >= 0.6 is 27.7 Å². The van der Waals surface area contributed by atoms with Gasteiger partial charge in [0, 0.05) is 32.1 Å². The molecule has 0 amide bonds. The Morgan fingerprint density at radius 3 is 2.48 bits per heavy atom. The number of hydrogen-bond donors (Lipinski definition) is 0. The fraction of sp³-hybridized carbons (Fsp3) is 0.167. The van der Waals surface area contributed by atoms with Crippen molar-refractivity contribution < 1.29 is 0 Å². The predicted molar refractivity (Wildman–Crippen MR) is 91.3 cm³/mol. The summed E-state index contributed by atoms with van der Waals surface area (Å²) in [5, 5.41) is 9.45. The normalized spacial score (nSPS) is 11.0. The van der Waals surface area contributed by atoms with Crippen molar-refractivity contribution in [3.05, 3.63) is 60.2 Å². The molecule has 0 bridgehead atoms. The molecule has 2 aromatic rings. The first-order valence-corrected chi connectivity index (χ1v) is 8.26. The molecule has 0 saturated carbocycles. The molecule has 0 spiro atoms. The van der Waals surface area contributed by atoms with Crippen molar-refractivity contribution >= 4 is 27.7 Å². The molecule has 0 N–H and O–H groups in total. The molecule has 0 unspecified atom stereocenters. The van der Waals surface area contributed by atoms with E-state index in [0.717, 1.165) is 16.9 Å². The summed E-state index contributed by atoms with van der Waals surface area (Å²) in [7, 11) is 0. The summed E-state index contributed by atoms with van der Waals surface area (Å²) in [5.74, 6) is 2.84. The standard InChI is InChI=1S/C18H14BrNS/c19-13-7-6-8-15(14-20)17-11-4-5-12-18(17)21-16-9-2-1-3-10-16/h1-5,9-12,15H,6,8H2/t15-/m1/s1. The molecule has 0 fully saturated rings. The zero-order valence-electron chi connectivity index (χ0n) is 11.4. The Labute approximate surface area is 138 Å². The van der Waals surface area contributed by atoms with E-state index in [9.17, 15) is 5.26 Å². The average Bonchev–Trinajstić information content (AvgIpc) is 2.54. The Hall–Kier alpha value is -1.68. The van der Waals surface area contributed by atoms with Gasteiger partial charge in [0.25, 0.3) is 0 Å². The van der Waals surface area contributed by atoms with Crippen molar-refractivity contribution in [2.24, 2.45) is 0 Å². The van der Waals surface area contributed by atoms with Crippen molar-refractivity contribution in [2.45, 2.75) is 28.6 Å². The smallest absolute Gasteiger partial charge is 0.0732 e. The molecule has 0 aliphatic heterocycles. The van der Waals surface area contributed by atoms with Gasteiger partial charge < -0.3 is 0 Å². The van der Waals surface area contributed by atoms with E-state index in [-0.39, 0.29) is 5.92 Å². The third kappa shape index (κ3) is 4.67. The molecule has 0 aromatic heterocycles. The topological polar surface area (TPSA) is 23.8 Å². The van der Waals surface area contributed by atoms with Gasteiger partial charge in [-0.1, -0.05) is 54.1 Å². The van der Waals surface area contributed by atoms with Crippen LogP contribution in [0.5, 0.6) is 0 Å². The van der Waals surface area contributed by atoms with Crippen molar-refractivity contribution in [2.75, 3.05) is 0 Å². The molecule has 0 radical (unpaired) electrons. The Kier molecular flexibility index (Phi) is 6.41. The Morgan fingerprint density at radius 1 is 1.05 bits per heavy atom. The predicted octanol–water partition coefficient (Wildman–Crippen LogP) is 5.58. The van der Waals surface area contributed by atoms with Gasteiger partial charge in [-0.15, -0.1) is 0 Å². The van der Waals surface area contributed by atoms with Crippen LogP contribution in [0.4, 0.5) is 0 Å². The lowest BCUT2D eigenvalue weighted by atomic mass is 9.96. The maximum Gasteiger partial charge on any atom is 0.0732 e. The summed E-state index contributed by atoms with van der Waals surface area (Å²) in [4.78, 5) is 5.02. The SMILES string of the molecule is N#C[C@@H](CCC#CBr)c1ccccc1Sc1ccccc1. The number of nitriles is 1. The second-order valence-corrected chi connectivity index (χ2v) is 5.96. The van der Waals surface area contributed by atoms with Crippen molar-refractivity contribution in [3.8, 4) is 16.8 Å². The van der Waals surface area contributed by atoms with Gasteiger partial charge in [-0.25, -0.2) is 0 Å². The number of nitrogens with zero attached hydrogens (tertiary/aromatic N) is 1. The van der Waals surface area contributed by atoms with Crippen molar-refractivity contribution in [1.29, 1.82) is 5.26 Å². The van der Waals surface area contributed by atoms with Crippen molar-refractivity contribution in [1.82, 2.24) is 0 Å². The fourth-order valence-electron chi connectivity index (χ4n) is 2.03. The summed E-state index contributed by atoms with van der Waals surface area (Å²) in [6.07, 6.45) is 1.47. The lowest BCUT2D eigenvalue weighted by molar-refractivity contribution is 0.759. The van der Waals surface area contributed by atoms with Crippen LogP contribution in [-0.4, -0.2) is 0 Å². The van der Waals surface area contributed by atoms with Crippen LogP contribution in [0, 0.1) is 22.1 Å². The van der Waals surface area contributed by atoms with Crippen LogP contribution in [0.25, 0.3) is 0 Å². The monoisotopic (exact) mass is 355 g/mol. The van der Waals surface area contributed by atoms with Gasteiger partial charge in [-0.2, -0.15) is 5.26 Å². The zero-order valence-corrected chi connectivity index (χ0v) is 13.8. The highest BCUT2D eigenvalue weighted by Gasteiger charge is 2.14. The quantitative estimate of drug-likeness (QED) is 0.653. The molecule has 0 aliphatic rings. The Morgan fingerprint density at radius 2 is 1.76 bits per heavy atom. The van der Waals surface area contributed by atoms with Gasteiger partial charge >= 0.3 is 0 Å². The van der Waals surface area contributed by atoms with Gasteiger partial charge in [0.1, 0.15) is 0 Å². The van der Waals surface area contributed by atoms with E-state index in [4.69, 9.17) is 0 Å². The minimum atomic E-state index is -0.120. The summed E-state index contributed by atoms with van der Waals surface area (Å²) < 4.78 is 0. The van der Waals surface area contributed by atoms with E-state index in [1.54, 1.807) is 11.8 Å². The molecular formula is C18H14BrNS. The van der Waals surface area contributed by atoms with Crippen LogP contribution in [0.2, 0.25) is 0 Å². The van der Waals surface area contributed by atoms with E-state index < -0.39 is 0 Å². The van der Waals surface area contributed by atoms with E-state index in [2.05, 4.69) is 50.9 Å².